The summed E-state index contributed by atoms with van der Waals surface area (Å²) in [6, 6.07) is 8.66. The van der Waals surface area contributed by atoms with Gasteiger partial charge in [-0.3, -0.25) is 4.79 Å². The van der Waals surface area contributed by atoms with E-state index in [9.17, 15) is 4.79 Å². The number of carbonyl (C=O) groups is 1. The molecule has 0 spiro atoms. The predicted molar refractivity (Wildman–Crippen MR) is 75.6 cm³/mol. The first kappa shape index (κ1) is 13.6. The van der Waals surface area contributed by atoms with Crippen LogP contribution in [0, 0.1) is 0 Å². The minimum absolute atomic E-state index is 0.246. The van der Waals surface area contributed by atoms with E-state index in [-0.39, 0.29) is 5.91 Å². The van der Waals surface area contributed by atoms with Crippen LogP contribution in [0.2, 0.25) is 10.0 Å². The van der Waals surface area contributed by atoms with Crippen LogP contribution >= 0.6 is 23.2 Å². The van der Waals surface area contributed by atoms with Crippen molar-refractivity contribution < 1.29 is 9.21 Å². The summed E-state index contributed by atoms with van der Waals surface area (Å²) in [5.41, 5.74) is 3.06. The molecular formula is C13H10Cl2N2O2. The fraction of sp³-hybridized carbons (Fsp3) is 0.0769. The highest BCUT2D eigenvalue weighted by Gasteiger charge is 2.06. The van der Waals surface area contributed by atoms with Gasteiger partial charge < -0.3 is 4.42 Å². The predicted octanol–water partition coefficient (Wildman–Crippen LogP) is 3.72. The number of furan rings is 1. The maximum Gasteiger partial charge on any atom is 0.236 e. The van der Waals surface area contributed by atoms with Crippen molar-refractivity contribution in [2.75, 3.05) is 0 Å². The lowest BCUT2D eigenvalue weighted by molar-refractivity contribution is -0.118. The van der Waals surface area contributed by atoms with Crippen LogP contribution in [0.5, 0.6) is 0 Å². The summed E-state index contributed by atoms with van der Waals surface area (Å²) in [6.45, 7) is 1.37. The highest BCUT2D eigenvalue weighted by molar-refractivity contribution is 6.35. The molecule has 2 rings (SSSR count). The summed E-state index contributed by atoms with van der Waals surface area (Å²) in [7, 11) is 0. The zero-order valence-electron chi connectivity index (χ0n) is 9.98. The van der Waals surface area contributed by atoms with Gasteiger partial charge in [0.25, 0.3) is 0 Å². The SMILES string of the molecule is CC(=O)N/N=C/c1ccc(-c2cc(Cl)cc(Cl)c2)o1. The molecule has 6 heteroatoms. The Morgan fingerprint density at radius 1 is 1.26 bits per heavy atom. The molecular weight excluding hydrogens is 287 g/mol. The summed E-state index contributed by atoms with van der Waals surface area (Å²) in [5, 5.41) is 4.78. The smallest absolute Gasteiger partial charge is 0.236 e. The fourth-order valence-corrected chi connectivity index (χ4v) is 1.99. The highest BCUT2D eigenvalue weighted by Crippen LogP contribution is 2.28. The molecule has 1 heterocycles. The van der Waals surface area contributed by atoms with E-state index < -0.39 is 0 Å². The second-order valence-corrected chi connectivity index (χ2v) is 4.66. The molecule has 1 N–H and O–H groups in total. The number of hydrogen-bond donors (Lipinski definition) is 1. The zero-order valence-corrected chi connectivity index (χ0v) is 11.5. The molecule has 0 bridgehead atoms. The average molecular weight is 297 g/mol. The molecule has 19 heavy (non-hydrogen) atoms. The molecule has 0 saturated carbocycles. The van der Waals surface area contributed by atoms with Crippen LogP contribution in [0.4, 0.5) is 0 Å². The van der Waals surface area contributed by atoms with Gasteiger partial charge in [-0.2, -0.15) is 5.10 Å². The lowest BCUT2D eigenvalue weighted by Crippen LogP contribution is -2.12. The quantitative estimate of drug-likeness (QED) is 0.693. The minimum atomic E-state index is -0.246. The molecule has 0 aliphatic heterocycles. The summed E-state index contributed by atoms with van der Waals surface area (Å²) < 4.78 is 5.54. The van der Waals surface area contributed by atoms with E-state index in [4.69, 9.17) is 27.6 Å². The van der Waals surface area contributed by atoms with Crippen molar-refractivity contribution in [2.24, 2.45) is 5.10 Å². The van der Waals surface area contributed by atoms with E-state index >= 15 is 0 Å². The molecule has 1 aromatic carbocycles. The van der Waals surface area contributed by atoms with Gasteiger partial charge in [0.05, 0.1) is 6.21 Å². The van der Waals surface area contributed by atoms with Crippen LogP contribution in [0.25, 0.3) is 11.3 Å². The van der Waals surface area contributed by atoms with Gasteiger partial charge in [-0.1, -0.05) is 23.2 Å². The third kappa shape index (κ3) is 3.84. The number of nitrogens with zero attached hydrogens (tertiary/aromatic N) is 1. The summed E-state index contributed by atoms with van der Waals surface area (Å²) in [4.78, 5) is 10.7. The molecule has 0 radical (unpaired) electrons. The van der Waals surface area contributed by atoms with Crippen LogP contribution in [0.3, 0.4) is 0 Å². The lowest BCUT2D eigenvalue weighted by Gasteiger charge is -1.99. The maximum atomic E-state index is 10.7. The molecule has 4 nitrogen and oxygen atoms in total. The topological polar surface area (TPSA) is 54.6 Å². The van der Waals surface area contributed by atoms with E-state index in [1.165, 1.54) is 13.1 Å². The van der Waals surface area contributed by atoms with Crippen LogP contribution < -0.4 is 5.43 Å². The lowest BCUT2D eigenvalue weighted by atomic mass is 10.2. The Morgan fingerprint density at radius 3 is 2.58 bits per heavy atom. The van der Waals surface area contributed by atoms with Gasteiger partial charge in [0.2, 0.25) is 5.91 Å². The molecule has 0 atom stereocenters. The number of benzene rings is 1. The van der Waals surface area contributed by atoms with Crippen molar-refractivity contribution in [1.82, 2.24) is 5.43 Å². The Hall–Kier alpha value is -1.78. The molecule has 0 fully saturated rings. The average Bonchev–Trinajstić information content (AvgIpc) is 2.76. The van der Waals surface area contributed by atoms with Crippen molar-refractivity contribution >= 4 is 35.3 Å². The van der Waals surface area contributed by atoms with Crippen LogP contribution in [0.1, 0.15) is 12.7 Å². The van der Waals surface area contributed by atoms with Crippen molar-refractivity contribution in [2.45, 2.75) is 6.92 Å². The Bertz CT molecular complexity index is 615. The largest absolute Gasteiger partial charge is 0.455 e. The Balaban J connectivity index is 2.20. The molecule has 1 amide bonds. The van der Waals surface area contributed by atoms with Crippen molar-refractivity contribution in [3.63, 3.8) is 0 Å². The maximum absolute atomic E-state index is 10.7. The number of amides is 1. The van der Waals surface area contributed by atoms with Crippen LogP contribution in [0.15, 0.2) is 39.9 Å². The fourth-order valence-electron chi connectivity index (χ4n) is 1.46. The number of carbonyl (C=O) groups excluding carboxylic acids is 1. The van der Waals surface area contributed by atoms with Crippen LogP contribution in [-0.2, 0) is 4.79 Å². The number of nitrogens with one attached hydrogen (secondary N) is 1. The van der Waals surface area contributed by atoms with E-state index in [0.717, 1.165) is 5.56 Å². The van der Waals surface area contributed by atoms with Gasteiger partial charge in [0, 0.05) is 22.5 Å². The second kappa shape index (κ2) is 5.91. The van der Waals surface area contributed by atoms with Gasteiger partial charge >= 0.3 is 0 Å². The van der Waals surface area contributed by atoms with E-state index in [0.29, 0.717) is 21.6 Å². The minimum Gasteiger partial charge on any atom is -0.455 e. The Morgan fingerprint density at radius 2 is 1.95 bits per heavy atom. The normalized spacial score (nSPS) is 10.9. The molecule has 0 saturated heterocycles. The number of hydrogen-bond acceptors (Lipinski definition) is 3. The zero-order chi connectivity index (χ0) is 13.8. The Labute approximate surface area is 120 Å². The first-order chi connectivity index (χ1) is 9.04. The number of hydrazone groups is 1. The van der Waals surface area contributed by atoms with Gasteiger partial charge in [0.15, 0.2) is 0 Å². The molecule has 0 unspecified atom stereocenters. The molecule has 98 valence electrons. The molecule has 1 aromatic heterocycles. The van der Waals surface area contributed by atoms with Crippen LogP contribution in [-0.4, -0.2) is 12.1 Å². The first-order valence-corrected chi connectivity index (χ1v) is 6.16. The van der Waals surface area contributed by atoms with E-state index in [1.807, 2.05) is 0 Å². The number of rotatable bonds is 3. The number of halogens is 2. The summed E-state index contributed by atoms with van der Waals surface area (Å²) >= 11 is 11.9. The molecule has 0 aliphatic rings. The second-order valence-electron chi connectivity index (χ2n) is 3.79. The summed E-state index contributed by atoms with van der Waals surface area (Å²) in [5.74, 6) is 0.887. The van der Waals surface area contributed by atoms with Crippen molar-refractivity contribution in [1.29, 1.82) is 0 Å². The van der Waals surface area contributed by atoms with E-state index in [1.54, 1.807) is 30.3 Å². The van der Waals surface area contributed by atoms with Gasteiger partial charge in [0.1, 0.15) is 11.5 Å². The molecule has 2 aromatic rings. The van der Waals surface area contributed by atoms with Gasteiger partial charge in [-0.05, 0) is 30.3 Å². The van der Waals surface area contributed by atoms with E-state index in [2.05, 4.69) is 10.5 Å². The van der Waals surface area contributed by atoms with Gasteiger partial charge in [-0.15, -0.1) is 0 Å². The standard InChI is InChI=1S/C13H10Cl2N2O2/c1-8(18)17-16-7-12-2-3-13(19-12)9-4-10(14)6-11(15)5-9/h2-7H,1H3,(H,17,18)/b16-7+. The van der Waals surface area contributed by atoms with Crippen molar-refractivity contribution in [3.8, 4) is 11.3 Å². The molecule has 0 aliphatic carbocycles. The first-order valence-electron chi connectivity index (χ1n) is 5.40. The third-order valence-electron chi connectivity index (χ3n) is 2.19. The van der Waals surface area contributed by atoms with Crippen molar-refractivity contribution in [3.05, 3.63) is 46.1 Å². The summed E-state index contributed by atoms with van der Waals surface area (Å²) in [6.07, 6.45) is 1.41. The Kier molecular flexibility index (Phi) is 4.24. The van der Waals surface area contributed by atoms with Gasteiger partial charge in [-0.25, -0.2) is 5.43 Å². The third-order valence-corrected chi connectivity index (χ3v) is 2.62. The monoisotopic (exact) mass is 296 g/mol. The highest BCUT2D eigenvalue weighted by atomic mass is 35.5.